The van der Waals surface area contributed by atoms with Gasteiger partial charge in [0.2, 0.25) is 11.2 Å². The first-order chi connectivity index (χ1) is 12.6. The summed E-state index contributed by atoms with van der Waals surface area (Å²) >= 11 is 0. The Bertz CT molecular complexity index is 789. The second kappa shape index (κ2) is 8.23. The monoisotopic (exact) mass is 361 g/mol. The van der Waals surface area contributed by atoms with Gasteiger partial charge in [0.1, 0.15) is 11.5 Å². The van der Waals surface area contributed by atoms with Gasteiger partial charge >= 0.3 is 5.97 Å². The van der Waals surface area contributed by atoms with E-state index in [0.29, 0.717) is 18.1 Å². The third-order valence-electron chi connectivity index (χ3n) is 4.63. The molecule has 0 radical (unpaired) electrons. The van der Waals surface area contributed by atoms with Gasteiger partial charge in [-0.25, -0.2) is 0 Å². The van der Waals surface area contributed by atoms with Gasteiger partial charge in [-0.1, -0.05) is 6.42 Å². The molecule has 3 heterocycles. The lowest BCUT2D eigenvalue weighted by atomic mass is 9.98. The number of hydrogen-bond acceptors (Lipinski definition) is 7. The van der Waals surface area contributed by atoms with E-state index in [1.54, 1.807) is 12.1 Å². The number of piperidine rings is 1. The summed E-state index contributed by atoms with van der Waals surface area (Å²) in [6.45, 7) is 2.39. The smallest absolute Gasteiger partial charge is 0.306 e. The average Bonchev–Trinajstić information content (AvgIpc) is 3.18. The number of ether oxygens (including phenoxy) is 1. The molecule has 7 nitrogen and oxygen atoms in total. The van der Waals surface area contributed by atoms with Gasteiger partial charge in [-0.2, -0.15) is 0 Å². The van der Waals surface area contributed by atoms with Crippen LogP contribution in [0.1, 0.15) is 48.9 Å². The molecule has 1 N–H and O–H groups in total. The molecule has 26 heavy (non-hydrogen) atoms. The van der Waals surface area contributed by atoms with Crippen molar-refractivity contribution in [3.8, 4) is 5.75 Å². The molecule has 1 fully saturated rings. The molecule has 3 rings (SSSR count). The van der Waals surface area contributed by atoms with E-state index in [2.05, 4.69) is 4.90 Å². The van der Waals surface area contributed by atoms with Crippen LogP contribution in [0.3, 0.4) is 0 Å². The van der Waals surface area contributed by atoms with Gasteiger partial charge in [-0.3, -0.25) is 14.5 Å². The van der Waals surface area contributed by atoms with Crippen molar-refractivity contribution in [2.75, 3.05) is 20.2 Å². The van der Waals surface area contributed by atoms with Crippen molar-refractivity contribution in [1.82, 2.24) is 4.90 Å². The highest BCUT2D eigenvalue weighted by Gasteiger charge is 2.28. The van der Waals surface area contributed by atoms with Crippen LogP contribution in [-0.2, 0) is 16.1 Å². The van der Waals surface area contributed by atoms with Crippen LogP contribution in [-0.4, -0.2) is 36.2 Å². The zero-order valence-corrected chi connectivity index (χ0v) is 14.8. The topological polar surface area (TPSA) is 93.1 Å². The van der Waals surface area contributed by atoms with E-state index in [0.717, 1.165) is 25.9 Å². The molecule has 0 aromatic carbocycles. The number of nitrogens with zero attached hydrogens (tertiary/aromatic N) is 1. The van der Waals surface area contributed by atoms with Crippen molar-refractivity contribution in [2.24, 2.45) is 0 Å². The van der Waals surface area contributed by atoms with Crippen LogP contribution in [0.4, 0.5) is 0 Å². The van der Waals surface area contributed by atoms with Gasteiger partial charge in [-0.05, 0) is 38.1 Å². The second-order valence-corrected chi connectivity index (χ2v) is 6.47. The molecule has 0 aliphatic carbocycles. The van der Waals surface area contributed by atoms with Gasteiger partial charge in [0.25, 0.3) is 0 Å². The molecule has 0 unspecified atom stereocenters. The number of rotatable bonds is 6. The largest absolute Gasteiger partial charge is 0.502 e. The zero-order chi connectivity index (χ0) is 18.5. The van der Waals surface area contributed by atoms with Crippen LogP contribution in [0.15, 0.2) is 38.1 Å². The number of likely N-dealkylation sites (tertiary alicyclic amines) is 1. The molecule has 140 valence electrons. The number of aromatic hydroxyl groups is 1. The van der Waals surface area contributed by atoms with Crippen LogP contribution >= 0.6 is 0 Å². The van der Waals surface area contributed by atoms with Crippen LogP contribution < -0.4 is 5.43 Å². The lowest BCUT2D eigenvalue weighted by Gasteiger charge is -2.26. The van der Waals surface area contributed by atoms with E-state index in [4.69, 9.17) is 13.6 Å². The van der Waals surface area contributed by atoms with Crippen molar-refractivity contribution in [2.45, 2.75) is 38.1 Å². The van der Waals surface area contributed by atoms with Crippen molar-refractivity contribution in [1.29, 1.82) is 0 Å². The lowest BCUT2D eigenvalue weighted by molar-refractivity contribution is -0.141. The first-order valence-corrected chi connectivity index (χ1v) is 8.77. The fourth-order valence-electron chi connectivity index (χ4n) is 3.27. The van der Waals surface area contributed by atoms with E-state index in [9.17, 15) is 14.7 Å². The fourth-order valence-corrected chi connectivity index (χ4v) is 3.27. The van der Waals surface area contributed by atoms with E-state index >= 15 is 0 Å². The molecular formula is C19H23NO6. The highest BCUT2D eigenvalue weighted by molar-refractivity contribution is 5.71. The minimum atomic E-state index is -0.730. The molecule has 0 bridgehead atoms. The van der Waals surface area contributed by atoms with E-state index in [-0.39, 0.29) is 12.2 Å². The molecule has 0 spiro atoms. The maximum Gasteiger partial charge on any atom is 0.306 e. The Morgan fingerprint density at radius 1 is 1.35 bits per heavy atom. The van der Waals surface area contributed by atoms with Crippen molar-refractivity contribution in [3.05, 3.63) is 52.0 Å². The number of carbonyl (C=O) groups excluding carboxylic acids is 1. The molecule has 1 saturated heterocycles. The number of hydrogen-bond donors (Lipinski definition) is 1. The molecule has 1 atom stereocenters. The van der Waals surface area contributed by atoms with E-state index in [1.165, 1.54) is 25.9 Å². The SMILES string of the molecule is COC(=O)C[C@@H](c1ccco1)c1oc(CN2CCCCC2)cc(=O)c1O. The first kappa shape index (κ1) is 18.3. The van der Waals surface area contributed by atoms with Crippen LogP contribution in [0.2, 0.25) is 0 Å². The minimum Gasteiger partial charge on any atom is -0.502 e. The average molecular weight is 361 g/mol. The number of esters is 1. The standard InChI is InChI=1S/C19H23NO6/c1-24-17(22)11-14(16-6-5-9-25-16)19-18(23)15(21)10-13(26-19)12-20-7-3-2-4-8-20/h5-6,9-10,14,23H,2-4,7-8,11-12H2,1H3/t14-/m0/s1. The Balaban J connectivity index is 1.94. The highest BCUT2D eigenvalue weighted by atomic mass is 16.5. The molecule has 1 aliphatic rings. The van der Waals surface area contributed by atoms with Crippen molar-refractivity contribution < 1.29 is 23.5 Å². The van der Waals surface area contributed by atoms with Gasteiger partial charge in [0.05, 0.1) is 32.3 Å². The van der Waals surface area contributed by atoms with Gasteiger partial charge in [0, 0.05) is 6.07 Å². The maximum absolute atomic E-state index is 12.3. The lowest BCUT2D eigenvalue weighted by Crippen LogP contribution is -2.29. The first-order valence-electron chi connectivity index (χ1n) is 8.77. The summed E-state index contributed by atoms with van der Waals surface area (Å²) in [7, 11) is 1.28. The van der Waals surface area contributed by atoms with E-state index < -0.39 is 23.1 Å². The van der Waals surface area contributed by atoms with Crippen LogP contribution in [0.25, 0.3) is 0 Å². The molecule has 2 aromatic rings. The molecule has 0 saturated carbocycles. The summed E-state index contributed by atoms with van der Waals surface area (Å²) in [6, 6.07) is 4.65. The number of methoxy groups -OCH3 is 1. The highest BCUT2D eigenvalue weighted by Crippen LogP contribution is 2.33. The third-order valence-corrected chi connectivity index (χ3v) is 4.63. The van der Waals surface area contributed by atoms with Crippen molar-refractivity contribution >= 4 is 5.97 Å². The normalized spacial score (nSPS) is 16.3. The zero-order valence-electron chi connectivity index (χ0n) is 14.8. The summed E-state index contributed by atoms with van der Waals surface area (Å²) in [5.74, 6) is -0.806. The summed E-state index contributed by atoms with van der Waals surface area (Å²) in [5, 5.41) is 10.3. The van der Waals surface area contributed by atoms with Crippen LogP contribution in [0.5, 0.6) is 5.75 Å². The van der Waals surface area contributed by atoms with E-state index in [1.807, 2.05) is 0 Å². The van der Waals surface area contributed by atoms with Crippen LogP contribution in [0, 0.1) is 0 Å². The third kappa shape index (κ3) is 4.16. The predicted octanol–water partition coefficient (Wildman–Crippen LogP) is 2.62. The van der Waals surface area contributed by atoms with Gasteiger partial charge < -0.3 is 18.7 Å². The summed E-state index contributed by atoms with van der Waals surface area (Å²) in [4.78, 5) is 26.3. The van der Waals surface area contributed by atoms with Crippen molar-refractivity contribution in [3.63, 3.8) is 0 Å². The second-order valence-electron chi connectivity index (χ2n) is 6.47. The maximum atomic E-state index is 12.3. The molecular weight excluding hydrogens is 338 g/mol. The molecule has 7 heteroatoms. The Hall–Kier alpha value is -2.54. The fraction of sp³-hybridized carbons (Fsp3) is 0.474. The molecule has 1 aliphatic heterocycles. The minimum absolute atomic E-state index is 0.0323. The number of carbonyl (C=O) groups is 1. The Kier molecular flexibility index (Phi) is 5.78. The number of furan rings is 1. The Labute approximate surface area is 151 Å². The molecule has 0 amide bonds. The van der Waals surface area contributed by atoms with Gasteiger partial charge in [-0.15, -0.1) is 0 Å². The predicted molar refractivity (Wildman–Crippen MR) is 93.0 cm³/mol. The van der Waals surface area contributed by atoms with Gasteiger partial charge in [0.15, 0.2) is 5.76 Å². The molecule has 2 aromatic heterocycles. The summed E-state index contributed by atoms with van der Waals surface area (Å²) in [5.41, 5.74) is -0.528. The summed E-state index contributed by atoms with van der Waals surface area (Å²) in [6.07, 6.45) is 4.81. The Morgan fingerprint density at radius 2 is 2.12 bits per heavy atom. The summed E-state index contributed by atoms with van der Waals surface area (Å²) < 4.78 is 16.0. The Morgan fingerprint density at radius 3 is 2.77 bits per heavy atom. The quantitative estimate of drug-likeness (QED) is 0.791.